The third-order valence-corrected chi connectivity index (χ3v) is 0. The van der Waals surface area contributed by atoms with Gasteiger partial charge < -0.3 is 9.11 Å². The molecule has 0 aromatic rings. The van der Waals surface area contributed by atoms with Crippen molar-refractivity contribution in [3.63, 3.8) is 0 Å². The van der Waals surface area contributed by atoms with Crippen molar-refractivity contribution in [1.29, 1.82) is 0 Å². The van der Waals surface area contributed by atoms with Crippen molar-refractivity contribution in [3.8, 4) is 0 Å². The second-order valence-corrected chi connectivity index (χ2v) is 0.651. The van der Waals surface area contributed by atoms with Gasteiger partial charge in [-0.1, -0.05) is 0 Å². The SMILES string of the molecule is O=S([O-])O.[Pr]. The molecule has 0 aromatic carbocycles. The van der Waals surface area contributed by atoms with E-state index in [0.29, 0.717) is 0 Å². The van der Waals surface area contributed by atoms with E-state index in [-0.39, 0.29) is 41.3 Å². The van der Waals surface area contributed by atoms with Crippen LogP contribution in [-0.2, 0) is 11.4 Å². The van der Waals surface area contributed by atoms with Crippen molar-refractivity contribution in [2.45, 2.75) is 0 Å². The van der Waals surface area contributed by atoms with Gasteiger partial charge in [0.2, 0.25) is 0 Å². The van der Waals surface area contributed by atoms with Crippen molar-refractivity contribution >= 4 is 11.4 Å². The van der Waals surface area contributed by atoms with E-state index in [1.165, 1.54) is 0 Å². The zero-order valence-corrected chi connectivity index (χ0v) is 6.77. The minimum Gasteiger partial charge on any atom is -0.750 e. The van der Waals surface area contributed by atoms with Gasteiger partial charge in [-0.2, -0.15) is 0 Å². The molecule has 5 heavy (non-hydrogen) atoms. The molecule has 0 saturated carbocycles. The maximum atomic E-state index is 8.56. The number of hydrogen-bond acceptors (Lipinski definition) is 2. The summed E-state index contributed by atoms with van der Waals surface area (Å²) in [6.45, 7) is 0. The summed E-state index contributed by atoms with van der Waals surface area (Å²) in [6, 6.07) is 0. The second kappa shape index (κ2) is 5.43. The Balaban J connectivity index is 0. The van der Waals surface area contributed by atoms with Crippen LogP contribution in [0.15, 0.2) is 0 Å². The first-order valence-electron chi connectivity index (χ1n) is 0.516. The second-order valence-electron chi connectivity index (χ2n) is 0.217. The monoisotopic (exact) mass is 222 g/mol. The maximum Gasteiger partial charge on any atom is 0.0814 e. The van der Waals surface area contributed by atoms with Crippen LogP contribution in [0.5, 0.6) is 0 Å². The van der Waals surface area contributed by atoms with E-state index in [1.54, 1.807) is 0 Å². The zero-order chi connectivity index (χ0) is 3.58. The fraction of sp³-hybridized carbons (Fsp3) is 0. The summed E-state index contributed by atoms with van der Waals surface area (Å²) in [5.74, 6) is 0. The molecule has 0 aliphatic rings. The normalized spacial score (nSPS) is 12.4. The molecule has 0 bridgehead atoms. The average Bonchev–Trinajstić information content (AvgIpc) is 0.811. The van der Waals surface area contributed by atoms with Crippen LogP contribution in [0.4, 0.5) is 0 Å². The Morgan fingerprint density at radius 1 is 1.80 bits per heavy atom. The molecule has 0 aliphatic carbocycles. The summed E-state index contributed by atoms with van der Waals surface area (Å²) in [5, 5.41) is 0. The van der Waals surface area contributed by atoms with E-state index in [2.05, 4.69) is 0 Å². The molecular formula is HO3PrS-. The molecule has 0 spiro atoms. The average molecular weight is 222 g/mol. The quantitative estimate of drug-likeness (QED) is 0.553. The van der Waals surface area contributed by atoms with Gasteiger partial charge in [-0.05, 0) is 0 Å². The molecule has 0 aliphatic heterocycles. The Kier molecular flexibility index (Phi) is 10.5. The van der Waals surface area contributed by atoms with Crippen LogP contribution in [0.3, 0.4) is 0 Å². The zero-order valence-electron chi connectivity index (χ0n) is 2.25. The van der Waals surface area contributed by atoms with E-state index in [0.717, 1.165) is 0 Å². The van der Waals surface area contributed by atoms with Crippen LogP contribution in [0.25, 0.3) is 0 Å². The molecule has 0 amide bonds. The predicted molar refractivity (Wildman–Crippen MR) is 11.5 cm³/mol. The smallest absolute Gasteiger partial charge is 0.0814 e. The third kappa shape index (κ3) is 31.2. The molecule has 0 rings (SSSR count). The van der Waals surface area contributed by atoms with Gasteiger partial charge in [0.25, 0.3) is 0 Å². The summed E-state index contributed by atoms with van der Waals surface area (Å²) < 4.78 is 24.1. The Bertz CT molecular complexity index is 29.9. The van der Waals surface area contributed by atoms with Gasteiger partial charge in [-0.25, -0.2) is 4.21 Å². The molecule has 1 unspecified atom stereocenters. The van der Waals surface area contributed by atoms with Gasteiger partial charge in [0, 0.05) is 41.3 Å². The van der Waals surface area contributed by atoms with Crippen molar-refractivity contribution in [2.75, 3.05) is 0 Å². The largest absolute Gasteiger partial charge is 0.750 e. The van der Waals surface area contributed by atoms with Gasteiger partial charge in [-0.3, -0.25) is 0 Å². The first-order valence-corrected chi connectivity index (χ1v) is 1.55. The fourth-order valence-corrected chi connectivity index (χ4v) is 0. The molecule has 29 valence electrons. The van der Waals surface area contributed by atoms with Gasteiger partial charge >= 0.3 is 0 Å². The maximum absolute atomic E-state index is 8.56. The van der Waals surface area contributed by atoms with E-state index in [4.69, 9.17) is 13.3 Å². The molecule has 1 atom stereocenters. The minimum atomic E-state index is -2.86. The molecule has 5 heteroatoms. The minimum absolute atomic E-state index is 0. The molecule has 0 saturated heterocycles. The molecule has 0 heterocycles. The summed E-state index contributed by atoms with van der Waals surface area (Å²) in [4.78, 5) is 0. The standard InChI is InChI=1S/H2O3S.Pr/c1-4(2)3;/h(H2,1,2,3);/p-1. The van der Waals surface area contributed by atoms with E-state index < -0.39 is 11.4 Å². The van der Waals surface area contributed by atoms with Gasteiger partial charge in [0.1, 0.15) is 0 Å². The first kappa shape index (κ1) is 9.66. The first-order chi connectivity index (χ1) is 1.73. The Labute approximate surface area is 65.2 Å². The van der Waals surface area contributed by atoms with Gasteiger partial charge in [-0.15, -0.1) is 0 Å². The predicted octanol–water partition coefficient (Wildman–Crippen LogP) is -0.661. The number of rotatable bonds is 0. The molecule has 1 N–H and O–H groups in total. The molecular weight excluding hydrogens is 221 g/mol. The van der Waals surface area contributed by atoms with Crippen LogP contribution in [0.2, 0.25) is 0 Å². The number of hydrogen-bond donors (Lipinski definition) is 1. The molecule has 1 radical (unpaired) electrons. The third-order valence-electron chi connectivity index (χ3n) is 0. The molecule has 0 aromatic heterocycles. The Morgan fingerprint density at radius 2 is 1.80 bits per heavy atom. The van der Waals surface area contributed by atoms with Crippen LogP contribution in [0.1, 0.15) is 0 Å². The Hall–Kier alpha value is 1.43. The van der Waals surface area contributed by atoms with Crippen molar-refractivity contribution < 1.29 is 54.6 Å². The molecule has 0 fully saturated rings. The van der Waals surface area contributed by atoms with Gasteiger partial charge in [0.05, 0.1) is 11.4 Å². The van der Waals surface area contributed by atoms with Crippen LogP contribution >= 0.6 is 0 Å². The Morgan fingerprint density at radius 3 is 1.80 bits per heavy atom. The fourth-order valence-electron chi connectivity index (χ4n) is 0. The summed E-state index contributed by atoms with van der Waals surface area (Å²) in [5.41, 5.74) is 0. The van der Waals surface area contributed by atoms with E-state index >= 15 is 0 Å². The van der Waals surface area contributed by atoms with E-state index in [9.17, 15) is 0 Å². The van der Waals surface area contributed by atoms with Crippen LogP contribution < -0.4 is 0 Å². The van der Waals surface area contributed by atoms with Crippen molar-refractivity contribution in [1.82, 2.24) is 0 Å². The summed E-state index contributed by atoms with van der Waals surface area (Å²) in [6.07, 6.45) is 0. The van der Waals surface area contributed by atoms with Crippen LogP contribution in [0, 0.1) is 41.3 Å². The topological polar surface area (TPSA) is 60.4 Å². The van der Waals surface area contributed by atoms with E-state index in [1.807, 2.05) is 0 Å². The van der Waals surface area contributed by atoms with Crippen LogP contribution in [-0.4, -0.2) is 13.3 Å². The summed E-state index contributed by atoms with van der Waals surface area (Å²) >= 11 is -2.86. The summed E-state index contributed by atoms with van der Waals surface area (Å²) in [7, 11) is 0. The van der Waals surface area contributed by atoms with Crippen molar-refractivity contribution in [2.24, 2.45) is 0 Å². The van der Waals surface area contributed by atoms with Crippen molar-refractivity contribution in [3.05, 3.63) is 0 Å². The van der Waals surface area contributed by atoms with Gasteiger partial charge in [0.15, 0.2) is 0 Å². The molecule has 3 nitrogen and oxygen atoms in total.